The fourth-order valence-corrected chi connectivity index (χ4v) is 2.55. The average molecular weight is 292 g/mol. The van der Waals surface area contributed by atoms with Crippen LogP contribution in [0.5, 0.6) is 0 Å². The Morgan fingerprint density at radius 2 is 1.86 bits per heavy atom. The van der Waals surface area contributed by atoms with E-state index in [0.29, 0.717) is 26.2 Å². The van der Waals surface area contributed by atoms with Gasteiger partial charge in [-0.25, -0.2) is 0 Å². The van der Waals surface area contributed by atoms with E-state index >= 15 is 0 Å². The fraction of sp³-hybridized carbons (Fsp3) is 0.467. The Hall–Kier alpha value is -1.92. The molecule has 114 valence electrons. The van der Waals surface area contributed by atoms with Crippen LogP contribution < -0.4 is 0 Å². The molecule has 2 N–H and O–H groups in total. The second-order valence-corrected chi connectivity index (χ2v) is 5.25. The molecule has 1 fully saturated rings. The summed E-state index contributed by atoms with van der Waals surface area (Å²) in [7, 11) is 0. The van der Waals surface area contributed by atoms with E-state index in [1.807, 2.05) is 35.2 Å². The summed E-state index contributed by atoms with van der Waals surface area (Å²) < 4.78 is 0. The zero-order valence-electron chi connectivity index (χ0n) is 11.8. The molecule has 1 saturated heterocycles. The Balaban J connectivity index is 2.06. The Labute approximate surface area is 123 Å². The molecular formula is C15H20N2O4. The van der Waals surface area contributed by atoms with Crippen molar-refractivity contribution >= 4 is 11.9 Å². The van der Waals surface area contributed by atoms with Gasteiger partial charge < -0.3 is 15.1 Å². The van der Waals surface area contributed by atoms with Crippen LogP contribution >= 0.6 is 0 Å². The van der Waals surface area contributed by atoms with E-state index in [-0.39, 0.29) is 6.54 Å². The zero-order chi connectivity index (χ0) is 15.2. The van der Waals surface area contributed by atoms with Crippen LogP contribution in [0.4, 0.5) is 0 Å². The van der Waals surface area contributed by atoms with Gasteiger partial charge in [0, 0.05) is 32.7 Å². The SMILES string of the molecule is O=C(O)[C@@H]1CN(Cc2ccccc2)CCN(C(=O)CO)C1. The maximum absolute atomic E-state index is 11.6. The lowest BCUT2D eigenvalue weighted by atomic mass is 10.1. The van der Waals surface area contributed by atoms with Crippen LogP contribution in [0.1, 0.15) is 5.56 Å². The van der Waals surface area contributed by atoms with E-state index in [2.05, 4.69) is 0 Å². The van der Waals surface area contributed by atoms with E-state index in [1.54, 1.807) is 0 Å². The fourth-order valence-electron chi connectivity index (χ4n) is 2.55. The number of aliphatic hydroxyl groups excluding tert-OH is 1. The third-order valence-electron chi connectivity index (χ3n) is 3.69. The Morgan fingerprint density at radius 3 is 2.48 bits per heavy atom. The predicted octanol–water partition coefficient (Wildman–Crippen LogP) is 0.0239. The second kappa shape index (κ2) is 7.19. The van der Waals surface area contributed by atoms with E-state index in [9.17, 15) is 14.7 Å². The van der Waals surface area contributed by atoms with E-state index in [0.717, 1.165) is 5.56 Å². The van der Waals surface area contributed by atoms with Gasteiger partial charge in [-0.1, -0.05) is 30.3 Å². The first-order valence-corrected chi connectivity index (χ1v) is 6.98. The van der Waals surface area contributed by atoms with Gasteiger partial charge in [-0.2, -0.15) is 0 Å². The molecule has 6 nitrogen and oxygen atoms in total. The molecule has 1 aliphatic heterocycles. The maximum atomic E-state index is 11.6. The normalized spacial score (nSPS) is 20.0. The quantitative estimate of drug-likeness (QED) is 0.818. The topological polar surface area (TPSA) is 81.1 Å². The molecule has 1 heterocycles. The van der Waals surface area contributed by atoms with E-state index in [1.165, 1.54) is 4.90 Å². The largest absolute Gasteiger partial charge is 0.481 e. The van der Waals surface area contributed by atoms with Crippen LogP contribution in [0.3, 0.4) is 0 Å². The van der Waals surface area contributed by atoms with Gasteiger partial charge in [0.25, 0.3) is 0 Å². The van der Waals surface area contributed by atoms with Gasteiger partial charge in [0.2, 0.25) is 5.91 Å². The van der Waals surface area contributed by atoms with Crippen molar-refractivity contribution in [2.24, 2.45) is 5.92 Å². The smallest absolute Gasteiger partial charge is 0.309 e. The zero-order valence-corrected chi connectivity index (χ0v) is 11.8. The van der Waals surface area contributed by atoms with Crippen LogP contribution in [-0.2, 0) is 16.1 Å². The number of nitrogens with zero attached hydrogens (tertiary/aromatic N) is 2. The molecule has 6 heteroatoms. The van der Waals surface area contributed by atoms with Gasteiger partial charge in [0.15, 0.2) is 0 Å². The monoisotopic (exact) mass is 292 g/mol. The van der Waals surface area contributed by atoms with Gasteiger partial charge in [-0.05, 0) is 5.56 Å². The highest BCUT2D eigenvalue weighted by atomic mass is 16.4. The van der Waals surface area contributed by atoms with E-state index in [4.69, 9.17) is 5.11 Å². The molecule has 1 aromatic rings. The molecule has 1 amide bonds. The Bertz CT molecular complexity index is 492. The number of carbonyl (C=O) groups excluding carboxylic acids is 1. The van der Waals surface area contributed by atoms with Gasteiger partial charge in [0.05, 0.1) is 5.92 Å². The molecule has 21 heavy (non-hydrogen) atoms. The Morgan fingerprint density at radius 1 is 1.14 bits per heavy atom. The number of hydrogen-bond donors (Lipinski definition) is 2. The lowest BCUT2D eigenvalue weighted by molar-refractivity contribution is -0.144. The molecular weight excluding hydrogens is 272 g/mol. The van der Waals surface area contributed by atoms with Crippen molar-refractivity contribution < 1.29 is 19.8 Å². The minimum atomic E-state index is -0.911. The van der Waals surface area contributed by atoms with Crippen molar-refractivity contribution in [1.82, 2.24) is 9.80 Å². The lowest BCUT2D eigenvalue weighted by Gasteiger charge is -2.21. The molecule has 0 radical (unpaired) electrons. The highest BCUT2D eigenvalue weighted by Gasteiger charge is 2.29. The molecule has 1 aromatic carbocycles. The lowest BCUT2D eigenvalue weighted by Crippen LogP contribution is -2.39. The molecule has 0 spiro atoms. The molecule has 0 aliphatic carbocycles. The minimum Gasteiger partial charge on any atom is -0.481 e. The number of amides is 1. The van der Waals surface area contributed by atoms with Crippen molar-refractivity contribution in [3.8, 4) is 0 Å². The molecule has 0 aromatic heterocycles. The second-order valence-electron chi connectivity index (χ2n) is 5.25. The third kappa shape index (κ3) is 4.27. The molecule has 1 atom stereocenters. The number of aliphatic hydroxyl groups is 1. The molecule has 1 aliphatic rings. The van der Waals surface area contributed by atoms with Crippen molar-refractivity contribution in [3.05, 3.63) is 35.9 Å². The van der Waals surface area contributed by atoms with Crippen molar-refractivity contribution in [2.45, 2.75) is 6.54 Å². The van der Waals surface area contributed by atoms with Crippen LogP contribution in [0, 0.1) is 5.92 Å². The predicted molar refractivity (Wildman–Crippen MR) is 76.5 cm³/mol. The Kier molecular flexibility index (Phi) is 5.30. The van der Waals surface area contributed by atoms with Gasteiger partial charge in [0.1, 0.15) is 6.61 Å². The summed E-state index contributed by atoms with van der Waals surface area (Å²) in [5.74, 6) is -1.96. The molecule has 0 saturated carbocycles. The summed E-state index contributed by atoms with van der Waals surface area (Å²) in [6.45, 7) is 1.68. The van der Waals surface area contributed by atoms with Crippen molar-refractivity contribution in [1.29, 1.82) is 0 Å². The third-order valence-corrected chi connectivity index (χ3v) is 3.69. The average Bonchev–Trinajstić information content (AvgIpc) is 2.70. The first-order valence-electron chi connectivity index (χ1n) is 6.98. The number of aliphatic carboxylic acids is 1. The van der Waals surface area contributed by atoms with Gasteiger partial charge in [-0.3, -0.25) is 14.5 Å². The van der Waals surface area contributed by atoms with Gasteiger partial charge in [-0.15, -0.1) is 0 Å². The van der Waals surface area contributed by atoms with Gasteiger partial charge >= 0.3 is 5.97 Å². The summed E-state index contributed by atoms with van der Waals surface area (Å²) >= 11 is 0. The van der Waals surface area contributed by atoms with Crippen molar-refractivity contribution in [3.63, 3.8) is 0 Å². The van der Waals surface area contributed by atoms with E-state index < -0.39 is 24.4 Å². The minimum absolute atomic E-state index is 0.153. The number of carbonyl (C=O) groups is 2. The summed E-state index contributed by atoms with van der Waals surface area (Å²) in [6, 6.07) is 9.83. The number of hydrogen-bond acceptors (Lipinski definition) is 4. The first-order chi connectivity index (χ1) is 10.1. The number of carboxylic acid groups (broad SMARTS) is 1. The van der Waals surface area contributed by atoms with Crippen LogP contribution in [0.25, 0.3) is 0 Å². The number of rotatable bonds is 4. The summed E-state index contributed by atoms with van der Waals surface area (Å²) in [6.07, 6.45) is 0. The summed E-state index contributed by atoms with van der Waals surface area (Å²) in [4.78, 5) is 26.4. The molecule has 2 rings (SSSR count). The number of carboxylic acids is 1. The first kappa shape index (κ1) is 15.5. The standard InChI is InChI=1S/C15H20N2O4/c18-11-14(19)17-7-6-16(9-13(10-17)15(20)21)8-12-4-2-1-3-5-12/h1-5,13,18H,6-11H2,(H,20,21)/t13-/m1/s1. The summed E-state index contributed by atoms with van der Waals surface area (Å²) in [5.41, 5.74) is 1.11. The maximum Gasteiger partial charge on any atom is 0.309 e. The van der Waals surface area contributed by atoms with Crippen LogP contribution in [0.15, 0.2) is 30.3 Å². The molecule has 0 unspecified atom stereocenters. The van der Waals surface area contributed by atoms with Crippen LogP contribution in [0.2, 0.25) is 0 Å². The highest BCUT2D eigenvalue weighted by molar-refractivity contribution is 5.78. The van der Waals surface area contributed by atoms with Crippen LogP contribution in [-0.4, -0.2) is 64.7 Å². The highest BCUT2D eigenvalue weighted by Crippen LogP contribution is 2.13. The van der Waals surface area contributed by atoms with Crippen molar-refractivity contribution in [2.75, 3.05) is 32.8 Å². The number of benzene rings is 1. The summed E-state index contributed by atoms with van der Waals surface area (Å²) in [5, 5.41) is 18.2. The molecule has 0 bridgehead atoms.